The SMILES string of the molecule is CNC(=O)N=C(NC(=O)C(C)Oc1ccc(Oc2ccc(C(F)(F)F)cn2)cc1)SC. The molecule has 0 aliphatic rings. The topological polar surface area (TPSA) is 102 Å². The number of pyridine rings is 1. The molecular weight excluding hydrogens is 437 g/mol. The van der Waals surface area contributed by atoms with Gasteiger partial charge in [-0.25, -0.2) is 9.78 Å². The van der Waals surface area contributed by atoms with Gasteiger partial charge in [0.1, 0.15) is 11.5 Å². The number of halogens is 3. The van der Waals surface area contributed by atoms with Crippen LogP contribution in [0.15, 0.2) is 47.6 Å². The number of benzene rings is 1. The molecule has 2 N–H and O–H groups in total. The first-order valence-electron chi connectivity index (χ1n) is 8.75. The molecule has 166 valence electrons. The van der Waals surface area contributed by atoms with E-state index < -0.39 is 29.8 Å². The first-order valence-corrected chi connectivity index (χ1v) is 9.98. The van der Waals surface area contributed by atoms with Crippen LogP contribution in [0.1, 0.15) is 12.5 Å². The lowest BCUT2D eigenvalue weighted by Gasteiger charge is -2.15. The van der Waals surface area contributed by atoms with Crippen molar-refractivity contribution in [3.05, 3.63) is 48.2 Å². The minimum Gasteiger partial charge on any atom is -0.481 e. The normalized spacial score (nSPS) is 12.6. The molecule has 1 atom stereocenters. The fourth-order valence-electron chi connectivity index (χ4n) is 2.05. The second-order valence-electron chi connectivity index (χ2n) is 5.88. The predicted octanol–water partition coefficient (Wildman–Crippen LogP) is 3.83. The molecule has 0 saturated carbocycles. The van der Waals surface area contributed by atoms with Crippen LogP contribution in [0.3, 0.4) is 0 Å². The zero-order valence-corrected chi connectivity index (χ0v) is 17.5. The first kappa shape index (κ1) is 24.0. The van der Waals surface area contributed by atoms with Gasteiger partial charge in [-0.1, -0.05) is 11.8 Å². The third-order valence-corrected chi connectivity index (χ3v) is 4.21. The third kappa shape index (κ3) is 7.48. The molecule has 0 aliphatic heterocycles. The molecule has 2 rings (SSSR count). The number of alkyl halides is 3. The van der Waals surface area contributed by atoms with Gasteiger partial charge in [0, 0.05) is 19.3 Å². The monoisotopic (exact) mass is 456 g/mol. The first-order chi connectivity index (χ1) is 14.6. The van der Waals surface area contributed by atoms with E-state index in [0.29, 0.717) is 17.7 Å². The van der Waals surface area contributed by atoms with Gasteiger partial charge in [0.05, 0.1) is 5.56 Å². The highest BCUT2D eigenvalue weighted by Crippen LogP contribution is 2.30. The molecule has 0 aliphatic carbocycles. The van der Waals surface area contributed by atoms with Gasteiger partial charge in [0.2, 0.25) is 5.88 Å². The predicted molar refractivity (Wildman–Crippen MR) is 109 cm³/mol. The summed E-state index contributed by atoms with van der Waals surface area (Å²) < 4.78 is 48.6. The van der Waals surface area contributed by atoms with Crippen molar-refractivity contribution in [1.29, 1.82) is 0 Å². The Morgan fingerprint density at radius 1 is 1.13 bits per heavy atom. The number of carbonyl (C=O) groups excluding carboxylic acids is 2. The van der Waals surface area contributed by atoms with Crippen LogP contribution < -0.4 is 20.1 Å². The number of urea groups is 1. The Labute approximate surface area is 180 Å². The quantitative estimate of drug-likeness (QED) is 0.524. The molecule has 1 aromatic heterocycles. The van der Waals surface area contributed by atoms with Crippen LogP contribution in [0.2, 0.25) is 0 Å². The van der Waals surface area contributed by atoms with Crippen molar-refractivity contribution in [3.63, 3.8) is 0 Å². The summed E-state index contributed by atoms with van der Waals surface area (Å²) in [5.41, 5.74) is -0.874. The number of amidine groups is 1. The van der Waals surface area contributed by atoms with Gasteiger partial charge < -0.3 is 20.1 Å². The second-order valence-corrected chi connectivity index (χ2v) is 6.68. The molecule has 8 nitrogen and oxygen atoms in total. The molecule has 0 fully saturated rings. The zero-order chi connectivity index (χ0) is 23.0. The molecule has 1 heterocycles. The Bertz CT molecular complexity index is 935. The Hall–Kier alpha value is -3.28. The lowest BCUT2D eigenvalue weighted by atomic mass is 10.3. The van der Waals surface area contributed by atoms with Crippen molar-refractivity contribution in [2.24, 2.45) is 4.99 Å². The van der Waals surface area contributed by atoms with Crippen LogP contribution in [-0.4, -0.2) is 41.5 Å². The lowest BCUT2D eigenvalue weighted by molar-refractivity contribution is -0.137. The maximum atomic E-state index is 12.6. The summed E-state index contributed by atoms with van der Waals surface area (Å²) in [5, 5.41) is 4.92. The van der Waals surface area contributed by atoms with E-state index in [4.69, 9.17) is 9.47 Å². The number of hydrogen-bond donors (Lipinski definition) is 2. The van der Waals surface area contributed by atoms with Crippen molar-refractivity contribution in [2.45, 2.75) is 19.2 Å². The van der Waals surface area contributed by atoms with Crippen LogP contribution in [0.4, 0.5) is 18.0 Å². The maximum Gasteiger partial charge on any atom is 0.417 e. The largest absolute Gasteiger partial charge is 0.481 e. The van der Waals surface area contributed by atoms with Crippen molar-refractivity contribution in [2.75, 3.05) is 13.3 Å². The van der Waals surface area contributed by atoms with Crippen molar-refractivity contribution >= 4 is 28.9 Å². The Morgan fingerprint density at radius 2 is 1.77 bits per heavy atom. The summed E-state index contributed by atoms with van der Waals surface area (Å²) in [6, 6.07) is 7.46. The molecule has 0 radical (unpaired) electrons. The van der Waals surface area contributed by atoms with Gasteiger partial charge in [-0.05, 0) is 43.5 Å². The summed E-state index contributed by atoms with van der Waals surface area (Å²) in [6.45, 7) is 1.52. The average molecular weight is 456 g/mol. The van der Waals surface area contributed by atoms with E-state index in [9.17, 15) is 22.8 Å². The highest BCUT2D eigenvalue weighted by molar-refractivity contribution is 8.13. The molecule has 1 unspecified atom stereocenters. The zero-order valence-electron chi connectivity index (χ0n) is 16.7. The Kier molecular flexibility index (Phi) is 8.25. The number of rotatable bonds is 5. The average Bonchev–Trinajstić information content (AvgIpc) is 2.74. The van der Waals surface area contributed by atoms with E-state index in [1.807, 2.05) is 0 Å². The number of amides is 3. The van der Waals surface area contributed by atoms with Gasteiger partial charge in [-0.3, -0.25) is 4.79 Å². The summed E-state index contributed by atoms with van der Waals surface area (Å²) >= 11 is 1.09. The number of ether oxygens (including phenoxy) is 2. The van der Waals surface area contributed by atoms with Crippen LogP contribution in [0, 0.1) is 0 Å². The van der Waals surface area contributed by atoms with Crippen molar-refractivity contribution < 1.29 is 32.2 Å². The number of aromatic nitrogens is 1. The number of nitrogens with one attached hydrogen (secondary N) is 2. The van der Waals surface area contributed by atoms with Gasteiger partial charge in [0.15, 0.2) is 11.3 Å². The highest BCUT2D eigenvalue weighted by atomic mass is 32.2. The van der Waals surface area contributed by atoms with E-state index in [-0.39, 0.29) is 11.0 Å². The minimum atomic E-state index is -4.47. The van der Waals surface area contributed by atoms with Gasteiger partial charge in [-0.15, -0.1) is 0 Å². The van der Waals surface area contributed by atoms with E-state index in [0.717, 1.165) is 23.9 Å². The standard InChI is InChI=1S/C19H19F3N4O4S/c1-11(16(27)25-18(31-3)26-17(28)23-2)29-13-5-7-14(8-6-13)30-15-9-4-12(10-24-15)19(20,21)22/h4-11H,1-3H3,(H2,23,25,26,27,28). The summed E-state index contributed by atoms with van der Waals surface area (Å²) in [5.74, 6) is 0.157. The number of thioether (sulfide) groups is 1. The second kappa shape index (κ2) is 10.7. The van der Waals surface area contributed by atoms with Gasteiger partial charge >= 0.3 is 12.2 Å². The number of nitrogens with zero attached hydrogens (tertiary/aromatic N) is 2. The summed E-state index contributed by atoms with van der Waals surface area (Å²) in [4.78, 5) is 30.8. The van der Waals surface area contributed by atoms with Crippen LogP contribution in [-0.2, 0) is 11.0 Å². The number of carbonyl (C=O) groups is 2. The number of hydrogen-bond acceptors (Lipinski definition) is 6. The molecule has 2 aromatic rings. The molecular formula is C19H19F3N4O4S. The molecule has 31 heavy (non-hydrogen) atoms. The molecule has 0 spiro atoms. The summed E-state index contributed by atoms with van der Waals surface area (Å²) in [6.07, 6.45) is -3.04. The van der Waals surface area contributed by atoms with E-state index in [2.05, 4.69) is 20.6 Å². The fourth-order valence-corrected chi connectivity index (χ4v) is 2.43. The van der Waals surface area contributed by atoms with Crippen molar-refractivity contribution in [3.8, 4) is 17.4 Å². The lowest BCUT2D eigenvalue weighted by Crippen LogP contribution is -2.39. The maximum absolute atomic E-state index is 12.6. The molecule has 3 amide bonds. The molecule has 12 heteroatoms. The number of aliphatic imine (C=N–C) groups is 1. The van der Waals surface area contributed by atoms with Gasteiger partial charge in [0.25, 0.3) is 5.91 Å². The van der Waals surface area contributed by atoms with Crippen LogP contribution in [0.5, 0.6) is 17.4 Å². The fraction of sp³-hybridized carbons (Fsp3) is 0.263. The van der Waals surface area contributed by atoms with Crippen LogP contribution >= 0.6 is 11.8 Å². The Balaban J connectivity index is 1.95. The van der Waals surface area contributed by atoms with Gasteiger partial charge in [-0.2, -0.15) is 18.2 Å². The van der Waals surface area contributed by atoms with Crippen molar-refractivity contribution in [1.82, 2.24) is 15.6 Å². The van der Waals surface area contributed by atoms with E-state index in [1.54, 1.807) is 6.26 Å². The van der Waals surface area contributed by atoms with E-state index >= 15 is 0 Å². The third-order valence-electron chi connectivity index (χ3n) is 3.63. The highest BCUT2D eigenvalue weighted by Gasteiger charge is 2.30. The Morgan fingerprint density at radius 3 is 2.29 bits per heavy atom. The molecule has 0 saturated heterocycles. The smallest absolute Gasteiger partial charge is 0.417 e. The summed E-state index contributed by atoms with van der Waals surface area (Å²) in [7, 11) is 1.42. The minimum absolute atomic E-state index is 0.00517. The molecule has 0 bridgehead atoms. The van der Waals surface area contributed by atoms with E-state index in [1.165, 1.54) is 38.2 Å². The van der Waals surface area contributed by atoms with Crippen LogP contribution in [0.25, 0.3) is 0 Å². The molecule has 1 aromatic carbocycles.